The average Bonchev–Trinajstić information content (AvgIpc) is 4.05. The summed E-state index contributed by atoms with van der Waals surface area (Å²) in [6.07, 6.45) is 3.09. The minimum atomic E-state index is 0.355. The fraction of sp³-hybridized carbons (Fsp3) is 0.211. The molecule has 6 nitrogen and oxygen atoms in total. The Kier molecular flexibility index (Phi) is 10.6. The Balaban J connectivity index is 1.33. The van der Waals surface area contributed by atoms with Gasteiger partial charge in [0.2, 0.25) is 0 Å². The van der Waals surface area contributed by atoms with E-state index in [9.17, 15) is 0 Å². The molecule has 0 saturated carbocycles. The van der Waals surface area contributed by atoms with Crippen LogP contribution in [0.5, 0.6) is 0 Å². The molecule has 0 amide bonds. The van der Waals surface area contributed by atoms with E-state index in [1.54, 1.807) is 0 Å². The molecular formula is C57H54N6. The maximum atomic E-state index is 5.51. The van der Waals surface area contributed by atoms with Gasteiger partial charge in [-0.1, -0.05) is 133 Å². The quantitative estimate of drug-likeness (QED) is 0.123. The summed E-state index contributed by atoms with van der Waals surface area (Å²) < 4.78 is 7.13. The number of hydrogen-bond donors (Lipinski definition) is 0. The van der Waals surface area contributed by atoms with Gasteiger partial charge in [-0.25, -0.2) is 15.0 Å². The topological polar surface area (TPSA) is 53.5 Å². The van der Waals surface area contributed by atoms with E-state index in [-0.39, 0.29) is 0 Å². The van der Waals surface area contributed by atoms with Crippen LogP contribution in [0.3, 0.4) is 0 Å². The molecule has 0 aliphatic heterocycles. The molecule has 0 N–H and O–H groups in total. The van der Waals surface area contributed by atoms with Gasteiger partial charge in [-0.2, -0.15) is 0 Å². The van der Waals surface area contributed by atoms with Gasteiger partial charge in [0.15, 0.2) is 0 Å². The van der Waals surface area contributed by atoms with Crippen LogP contribution >= 0.6 is 0 Å². The standard InChI is InChI=1S/C57H54N6/c1-7-37(4)43-22-10-16-28-49(43)61-52-31-19-13-25-46(52)58-55(61)40-34-41(56-59-47-26-14-20-32-53(47)62(56)50-29-17-11-23-44(50)38(5)8-2)36-42(35-40)57-60-48-27-15-21-33-54(48)63(57)51-30-18-12-24-45(51)39(6)9-3/h10-39H,7-9H2,1-6H3. The Morgan fingerprint density at radius 2 is 0.603 bits per heavy atom. The fourth-order valence-corrected chi connectivity index (χ4v) is 9.39. The average molecular weight is 823 g/mol. The lowest BCUT2D eigenvalue weighted by molar-refractivity contribution is 0.727. The molecule has 10 rings (SSSR count). The highest BCUT2D eigenvalue weighted by Gasteiger charge is 2.25. The molecule has 0 spiro atoms. The van der Waals surface area contributed by atoms with Crippen LogP contribution in [0.25, 0.3) is 84.3 Å². The van der Waals surface area contributed by atoms with E-state index < -0.39 is 0 Å². The molecule has 6 heteroatoms. The van der Waals surface area contributed by atoms with Crippen LogP contribution in [0.15, 0.2) is 164 Å². The van der Waals surface area contributed by atoms with Crippen molar-refractivity contribution >= 4 is 33.1 Å². The molecule has 0 fully saturated rings. The van der Waals surface area contributed by atoms with Crippen LogP contribution in [-0.2, 0) is 0 Å². The molecule has 10 aromatic rings. The second kappa shape index (κ2) is 16.7. The summed E-state index contributed by atoms with van der Waals surface area (Å²) in [5.74, 6) is 3.69. The summed E-state index contributed by atoms with van der Waals surface area (Å²) in [4.78, 5) is 16.5. The van der Waals surface area contributed by atoms with Crippen molar-refractivity contribution < 1.29 is 0 Å². The zero-order valence-corrected chi connectivity index (χ0v) is 37.1. The predicted molar refractivity (Wildman–Crippen MR) is 263 cm³/mol. The monoisotopic (exact) mass is 822 g/mol. The lowest BCUT2D eigenvalue weighted by Crippen LogP contribution is -2.07. The number of para-hydroxylation sites is 9. The van der Waals surface area contributed by atoms with Crippen molar-refractivity contribution in [2.75, 3.05) is 0 Å². The Hall–Kier alpha value is -7.05. The molecule has 7 aromatic carbocycles. The SMILES string of the molecule is CCC(C)c1ccccc1-n1c(-c2cc(-c3nc4ccccc4n3-c3ccccc3C(C)CC)cc(-c3nc4ccccc4n3-c3ccccc3C(C)CC)c2)nc2ccccc21. The number of nitrogens with zero attached hydrogens (tertiary/aromatic N) is 6. The minimum absolute atomic E-state index is 0.355. The molecule has 0 radical (unpaired) electrons. The van der Waals surface area contributed by atoms with Gasteiger partial charge < -0.3 is 0 Å². The molecule has 312 valence electrons. The van der Waals surface area contributed by atoms with E-state index in [2.05, 4.69) is 219 Å². The molecule has 3 unspecified atom stereocenters. The second-order valence-electron chi connectivity index (χ2n) is 17.2. The Morgan fingerprint density at radius 3 is 0.889 bits per heavy atom. The van der Waals surface area contributed by atoms with Crippen molar-refractivity contribution in [3.63, 3.8) is 0 Å². The summed E-state index contributed by atoms with van der Waals surface area (Å²) in [6.45, 7) is 13.8. The number of hydrogen-bond acceptors (Lipinski definition) is 3. The van der Waals surface area contributed by atoms with Gasteiger partial charge in [0.05, 0.1) is 50.2 Å². The Bertz CT molecular complexity index is 2910. The highest BCUT2D eigenvalue weighted by atomic mass is 15.1. The van der Waals surface area contributed by atoms with E-state index in [4.69, 9.17) is 15.0 Å². The first-order valence-electron chi connectivity index (χ1n) is 22.7. The normalized spacial score (nSPS) is 13.2. The van der Waals surface area contributed by atoms with Crippen LogP contribution in [0.4, 0.5) is 0 Å². The lowest BCUT2D eigenvalue weighted by atomic mass is 9.96. The van der Waals surface area contributed by atoms with E-state index in [0.29, 0.717) is 17.8 Å². The van der Waals surface area contributed by atoms with Gasteiger partial charge in [0.1, 0.15) is 17.5 Å². The largest absolute Gasteiger partial charge is 0.292 e. The molecular weight excluding hydrogens is 769 g/mol. The van der Waals surface area contributed by atoms with Crippen LogP contribution in [-0.4, -0.2) is 28.7 Å². The van der Waals surface area contributed by atoms with Crippen molar-refractivity contribution in [2.45, 2.75) is 78.6 Å². The van der Waals surface area contributed by atoms with Gasteiger partial charge in [0, 0.05) is 16.7 Å². The zero-order valence-electron chi connectivity index (χ0n) is 37.1. The molecule has 0 bridgehead atoms. The van der Waals surface area contributed by atoms with Crippen molar-refractivity contribution in [3.8, 4) is 51.2 Å². The molecule has 3 aromatic heterocycles. The van der Waals surface area contributed by atoms with Crippen molar-refractivity contribution in [1.29, 1.82) is 0 Å². The molecule has 0 aliphatic carbocycles. The van der Waals surface area contributed by atoms with E-state index in [0.717, 1.165) is 104 Å². The summed E-state index contributed by atoms with van der Waals surface area (Å²) in [5.41, 5.74) is 16.3. The van der Waals surface area contributed by atoms with Crippen LogP contribution in [0, 0.1) is 0 Å². The van der Waals surface area contributed by atoms with Crippen LogP contribution in [0.2, 0.25) is 0 Å². The Morgan fingerprint density at radius 1 is 0.349 bits per heavy atom. The molecule has 0 saturated heterocycles. The van der Waals surface area contributed by atoms with Crippen LogP contribution in [0.1, 0.15) is 95.2 Å². The maximum Gasteiger partial charge on any atom is 0.145 e. The third kappa shape index (κ3) is 6.94. The van der Waals surface area contributed by atoms with Crippen LogP contribution < -0.4 is 0 Å². The minimum Gasteiger partial charge on any atom is -0.292 e. The summed E-state index contributed by atoms with van der Waals surface area (Å²) in [5, 5.41) is 0. The lowest BCUT2D eigenvalue weighted by Gasteiger charge is -2.20. The fourth-order valence-electron chi connectivity index (χ4n) is 9.39. The first-order chi connectivity index (χ1) is 30.9. The van der Waals surface area contributed by atoms with Gasteiger partial charge >= 0.3 is 0 Å². The van der Waals surface area contributed by atoms with Crippen molar-refractivity contribution in [2.24, 2.45) is 0 Å². The summed E-state index contributed by atoms with van der Waals surface area (Å²) >= 11 is 0. The van der Waals surface area contributed by atoms with E-state index in [1.807, 2.05) is 0 Å². The Labute approximate surface area is 370 Å². The molecule has 0 aliphatic rings. The van der Waals surface area contributed by atoms with Crippen molar-refractivity contribution in [3.05, 3.63) is 180 Å². The van der Waals surface area contributed by atoms with E-state index >= 15 is 0 Å². The third-order valence-electron chi connectivity index (χ3n) is 13.4. The maximum absolute atomic E-state index is 5.51. The summed E-state index contributed by atoms with van der Waals surface area (Å²) in [7, 11) is 0. The number of imidazole rings is 3. The molecule has 3 atom stereocenters. The van der Waals surface area contributed by atoms with Gasteiger partial charge in [0.25, 0.3) is 0 Å². The first kappa shape index (κ1) is 40.0. The predicted octanol–water partition coefficient (Wildman–Crippen LogP) is 15.2. The highest BCUT2D eigenvalue weighted by Crippen LogP contribution is 2.41. The number of aromatic nitrogens is 6. The van der Waals surface area contributed by atoms with Gasteiger partial charge in [-0.15, -0.1) is 0 Å². The van der Waals surface area contributed by atoms with Gasteiger partial charge in [-0.05, 0) is 127 Å². The number of fused-ring (bicyclic) bond motifs is 3. The summed E-state index contributed by atoms with van der Waals surface area (Å²) in [6, 6.07) is 59.0. The molecule has 63 heavy (non-hydrogen) atoms. The van der Waals surface area contributed by atoms with Crippen molar-refractivity contribution in [1.82, 2.24) is 28.7 Å². The first-order valence-corrected chi connectivity index (χ1v) is 22.7. The third-order valence-corrected chi connectivity index (χ3v) is 13.4. The number of rotatable bonds is 12. The zero-order chi connectivity index (χ0) is 43.2. The van der Waals surface area contributed by atoms with E-state index in [1.165, 1.54) is 16.7 Å². The second-order valence-corrected chi connectivity index (χ2v) is 17.2. The number of benzene rings is 7. The highest BCUT2D eigenvalue weighted by molar-refractivity contribution is 5.90. The molecule has 3 heterocycles. The smallest absolute Gasteiger partial charge is 0.145 e. The van der Waals surface area contributed by atoms with Gasteiger partial charge in [-0.3, -0.25) is 13.7 Å².